The lowest BCUT2D eigenvalue weighted by Crippen LogP contribution is -2.61. The van der Waals surface area contributed by atoms with Crippen LogP contribution < -0.4 is 5.11 Å². The van der Waals surface area contributed by atoms with Gasteiger partial charge < -0.3 is 19.5 Å². The standard InChI is InChI=1S/C11H19NO3/c13-10(7-11(14)15)8-12-4-1-9(2-5-12)3-6-12/h9-10,13H,1-8H2. The zero-order chi connectivity index (χ0) is 10.9. The average Bonchev–Trinajstić information content (AvgIpc) is 2.18. The number of nitrogens with zero attached hydrogens (tertiary/aromatic N) is 1. The van der Waals surface area contributed by atoms with Crippen LogP contribution in [0, 0.1) is 5.92 Å². The summed E-state index contributed by atoms with van der Waals surface area (Å²) in [7, 11) is 0. The van der Waals surface area contributed by atoms with Crippen LogP contribution in [-0.2, 0) is 4.79 Å². The fraction of sp³-hybridized carbons (Fsp3) is 0.909. The van der Waals surface area contributed by atoms with Gasteiger partial charge in [-0.25, -0.2) is 0 Å². The molecule has 0 aromatic carbocycles. The van der Waals surface area contributed by atoms with Crippen LogP contribution in [0.2, 0.25) is 0 Å². The van der Waals surface area contributed by atoms with Crippen molar-refractivity contribution in [3.8, 4) is 0 Å². The zero-order valence-corrected chi connectivity index (χ0v) is 9.02. The van der Waals surface area contributed by atoms with Crippen LogP contribution in [0.5, 0.6) is 0 Å². The fourth-order valence-corrected chi connectivity index (χ4v) is 3.12. The largest absolute Gasteiger partial charge is 0.550 e. The molecule has 1 atom stereocenters. The first kappa shape index (κ1) is 10.9. The highest BCUT2D eigenvalue weighted by atomic mass is 16.4. The van der Waals surface area contributed by atoms with Crippen molar-refractivity contribution in [2.24, 2.45) is 5.92 Å². The molecule has 4 nitrogen and oxygen atoms in total. The van der Waals surface area contributed by atoms with Crippen molar-refractivity contribution >= 4 is 5.97 Å². The summed E-state index contributed by atoms with van der Waals surface area (Å²) < 4.78 is 0.935. The molecule has 2 bridgehead atoms. The molecule has 0 radical (unpaired) electrons. The van der Waals surface area contributed by atoms with Crippen LogP contribution in [0.15, 0.2) is 0 Å². The second kappa shape index (κ2) is 4.10. The highest BCUT2D eigenvalue weighted by molar-refractivity contribution is 5.64. The Morgan fingerprint density at radius 2 is 1.87 bits per heavy atom. The summed E-state index contributed by atoms with van der Waals surface area (Å²) in [4.78, 5) is 10.4. The van der Waals surface area contributed by atoms with E-state index in [-0.39, 0.29) is 6.42 Å². The number of piperidine rings is 3. The summed E-state index contributed by atoms with van der Waals surface area (Å²) >= 11 is 0. The van der Waals surface area contributed by atoms with E-state index in [1.54, 1.807) is 0 Å². The average molecular weight is 213 g/mol. The second-order valence-corrected chi connectivity index (χ2v) is 5.16. The highest BCUT2D eigenvalue weighted by Crippen LogP contribution is 2.33. The van der Waals surface area contributed by atoms with E-state index in [4.69, 9.17) is 0 Å². The van der Waals surface area contributed by atoms with E-state index in [2.05, 4.69) is 0 Å². The van der Waals surface area contributed by atoms with Gasteiger partial charge in [-0.05, 0) is 25.2 Å². The predicted molar refractivity (Wildman–Crippen MR) is 52.7 cm³/mol. The molecule has 0 spiro atoms. The molecule has 0 aromatic heterocycles. The first-order chi connectivity index (χ1) is 7.10. The lowest BCUT2D eigenvalue weighted by molar-refractivity contribution is -0.945. The maximum Gasteiger partial charge on any atom is 0.108 e. The van der Waals surface area contributed by atoms with Gasteiger partial charge in [0.1, 0.15) is 12.6 Å². The van der Waals surface area contributed by atoms with Crippen LogP contribution in [-0.4, -0.2) is 47.8 Å². The van der Waals surface area contributed by atoms with Crippen molar-refractivity contribution in [3.05, 3.63) is 0 Å². The first-order valence-corrected chi connectivity index (χ1v) is 5.83. The Labute approximate surface area is 90.1 Å². The monoisotopic (exact) mass is 213 g/mol. The van der Waals surface area contributed by atoms with Crippen LogP contribution in [0.1, 0.15) is 25.7 Å². The number of aliphatic hydroxyl groups excluding tert-OH is 1. The molecule has 3 aliphatic rings. The van der Waals surface area contributed by atoms with Gasteiger partial charge in [0.2, 0.25) is 0 Å². The van der Waals surface area contributed by atoms with E-state index in [1.807, 2.05) is 0 Å². The Balaban J connectivity index is 1.89. The predicted octanol–water partition coefficient (Wildman–Crippen LogP) is -0.882. The number of aliphatic carboxylic acids is 1. The number of aliphatic hydroxyl groups is 1. The molecular weight excluding hydrogens is 194 g/mol. The Hall–Kier alpha value is -0.610. The molecule has 15 heavy (non-hydrogen) atoms. The third-order valence-corrected chi connectivity index (χ3v) is 4.04. The van der Waals surface area contributed by atoms with Crippen molar-refractivity contribution in [2.45, 2.75) is 31.8 Å². The quantitative estimate of drug-likeness (QED) is 0.617. The van der Waals surface area contributed by atoms with E-state index < -0.39 is 12.1 Å². The topological polar surface area (TPSA) is 60.4 Å². The number of fused-ring (bicyclic) bond motifs is 3. The van der Waals surface area contributed by atoms with Crippen molar-refractivity contribution in [2.75, 3.05) is 26.2 Å². The van der Waals surface area contributed by atoms with Gasteiger partial charge in [-0.15, -0.1) is 0 Å². The molecule has 3 saturated heterocycles. The number of rotatable bonds is 4. The molecule has 0 aromatic rings. The summed E-state index contributed by atoms with van der Waals surface area (Å²) in [6, 6.07) is 0. The Bertz CT molecular complexity index is 232. The third kappa shape index (κ3) is 2.49. The second-order valence-electron chi connectivity index (χ2n) is 5.16. The lowest BCUT2D eigenvalue weighted by Gasteiger charge is -2.49. The maximum absolute atomic E-state index is 10.4. The van der Waals surface area contributed by atoms with Gasteiger partial charge in [-0.2, -0.15) is 0 Å². The molecule has 3 fully saturated rings. The Morgan fingerprint density at radius 3 is 2.33 bits per heavy atom. The molecule has 3 rings (SSSR count). The summed E-state index contributed by atoms with van der Waals surface area (Å²) in [5.74, 6) is -0.254. The highest BCUT2D eigenvalue weighted by Gasteiger charge is 2.40. The van der Waals surface area contributed by atoms with E-state index in [9.17, 15) is 15.0 Å². The van der Waals surface area contributed by atoms with Gasteiger partial charge in [-0.3, -0.25) is 0 Å². The van der Waals surface area contributed by atoms with Crippen LogP contribution in [0.3, 0.4) is 0 Å². The summed E-state index contributed by atoms with van der Waals surface area (Å²) in [5.41, 5.74) is 0. The number of carboxylic acid groups (broad SMARTS) is 1. The minimum atomic E-state index is -1.15. The number of carbonyl (C=O) groups excluding carboxylic acids is 1. The summed E-state index contributed by atoms with van der Waals surface area (Å²) in [6.45, 7) is 3.96. The zero-order valence-electron chi connectivity index (χ0n) is 9.02. The van der Waals surface area contributed by atoms with Gasteiger partial charge in [0.25, 0.3) is 0 Å². The van der Waals surface area contributed by atoms with E-state index in [1.165, 1.54) is 19.3 Å². The molecule has 3 aliphatic heterocycles. The molecular formula is C11H19NO3. The SMILES string of the molecule is O=C([O-])CC(O)C[N+]12CCC(CC1)CC2. The van der Waals surface area contributed by atoms with Crippen molar-refractivity contribution in [1.82, 2.24) is 0 Å². The lowest BCUT2D eigenvalue weighted by atomic mass is 9.85. The molecule has 0 saturated carbocycles. The number of hydrogen-bond acceptors (Lipinski definition) is 3. The van der Waals surface area contributed by atoms with Gasteiger partial charge >= 0.3 is 0 Å². The molecule has 1 N–H and O–H groups in total. The molecule has 1 unspecified atom stereocenters. The smallest absolute Gasteiger partial charge is 0.108 e. The van der Waals surface area contributed by atoms with Gasteiger partial charge in [0, 0.05) is 12.4 Å². The molecule has 0 aliphatic carbocycles. The van der Waals surface area contributed by atoms with Crippen molar-refractivity contribution in [1.29, 1.82) is 0 Å². The minimum absolute atomic E-state index is 0.219. The van der Waals surface area contributed by atoms with Crippen LogP contribution in [0.4, 0.5) is 0 Å². The summed E-state index contributed by atoms with van der Waals surface area (Å²) in [5, 5.41) is 20.0. The minimum Gasteiger partial charge on any atom is -0.550 e. The van der Waals surface area contributed by atoms with Gasteiger partial charge in [0.05, 0.1) is 19.6 Å². The molecule has 86 valence electrons. The van der Waals surface area contributed by atoms with E-state index >= 15 is 0 Å². The van der Waals surface area contributed by atoms with Gasteiger partial charge in [-0.1, -0.05) is 0 Å². The normalized spacial score (nSPS) is 36.5. The molecule has 0 amide bonds. The molecule has 3 heterocycles. The number of carboxylic acids is 1. The summed E-state index contributed by atoms with van der Waals surface area (Å²) in [6.07, 6.45) is 2.79. The third-order valence-electron chi connectivity index (χ3n) is 4.04. The molecule has 4 heteroatoms. The number of quaternary nitrogens is 1. The van der Waals surface area contributed by atoms with E-state index in [0.29, 0.717) is 6.54 Å². The van der Waals surface area contributed by atoms with Crippen LogP contribution >= 0.6 is 0 Å². The number of hydrogen-bond donors (Lipinski definition) is 1. The van der Waals surface area contributed by atoms with Crippen molar-refractivity contribution < 1.29 is 19.5 Å². The number of carbonyl (C=O) groups is 1. The van der Waals surface area contributed by atoms with Crippen molar-refractivity contribution in [3.63, 3.8) is 0 Å². The van der Waals surface area contributed by atoms with Crippen LogP contribution in [0.25, 0.3) is 0 Å². The Kier molecular flexibility index (Phi) is 2.98. The first-order valence-electron chi connectivity index (χ1n) is 5.83. The Morgan fingerprint density at radius 1 is 1.33 bits per heavy atom. The fourth-order valence-electron chi connectivity index (χ4n) is 3.12. The maximum atomic E-state index is 10.4. The van der Waals surface area contributed by atoms with E-state index in [0.717, 1.165) is 30.0 Å². The van der Waals surface area contributed by atoms with Gasteiger partial charge in [0.15, 0.2) is 0 Å².